The molecule has 2 rings (SSSR count). The van der Waals surface area contributed by atoms with Crippen molar-refractivity contribution in [2.24, 2.45) is 0 Å². The third-order valence-electron chi connectivity index (χ3n) is 2.59. The van der Waals surface area contributed by atoms with Crippen LogP contribution in [0.4, 0.5) is 11.6 Å². The highest BCUT2D eigenvalue weighted by molar-refractivity contribution is 9.10. The van der Waals surface area contributed by atoms with E-state index in [1.54, 1.807) is 20.4 Å². The van der Waals surface area contributed by atoms with Crippen molar-refractivity contribution in [3.63, 3.8) is 0 Å². The smallest absolute Gasteiger partial charge is 0.232 e. The summed E-state index contributed by atoms with van der Waals surface area (Å²) in [5, 5.41) is 3.15. The first-order valence-electron chi connectivity index (χ1n) is 5.62. The summed E-state index contributed by atoms with van der Waals surface area (Å²) in [5.74, 6) is 1.79. The van der Waals surface area contributed by atoms with Crippen LogP contribution in [0.1, 0.15) is 5.56 Å². The molecule has 0 unspecified atom stereocenters. The van der Waals surface area contributed by atoms with E-state index in [2.05, 4.69) is 31.2 Å². The molecule has 0 fully saturated rings. The highest BCUT2D eigenvalue weighted by Crippen LogP contribution is 2.26. The Morgan fingerprint density at radius 1 is 1.21 bits per heavy atom. The van der Waals surface area contributed by atoms with Gasteiger partial charge >= 0.3 is 0 Å². The number of methoxy groups -OCH3 is 2. The molecule has 100 valence electrons. The lowest BCUT2D eigenvalue weighted by Crippen LogP contribution is -2.00. The molecule has 0 amide bonds. The summed E-state index contributed by atoms with van der Waals surface area (Å²) >= 11 is 3.32. The van der Waals surface area contributed by atoms with Gasteiger partial charge in [-0.2, -0.15) is 4.98 Å². The number of nitrogens with one attached hydrogen (secondary N) is 1. The molecule has 0 aliphatic carbocycles. The maximum absolute atomic E-state index is 5.17. The lowest BCUT2D eigenvalue weighted by atomic mass is 10.2. The maximum Gasteiger partial charge on any atom is 0.232 e. The van der Waals surface area contributed by atoms with E-state index in [1.165, 1.54) is 0 Å². The molecule has 0 spiro atoms. The third-order valence-corrected chi connectivity index (χ3v) is 3.13. The van der Waals surface area contributed by atoms with E-state index in [0.717, 1.165) is 17.0 Å². The number of nitrogens with zero attached hydrogens (tertiary/aromatic N) is 2. The fraction of sp³-hybridized carbons (Fsp3) is 0.231. The topological polar surface area (TPSA) is 56.3 Å². The molecule has 0 saturated carbocycles. The predicted molar refractivity (Wildman–Crippen MR) is 77.3 cm³/mol. The average molecular weight is 324 g/mol. The van der Waals surface area contributed by atoms with E-state index in [-0.39, 0.29) is 0 Å². The molecule has 5 nitrogen and oxygen atoms in total. The quantitative estimate of drug-likeness (QED) is 0.935. The summed E-state index contributed by atoms with van der Waals surface area (Å²) in [6, 6.07) is 5.75. The van der Waals surface area contributed by atoms with Crippen molar-refractivity contribution in [3.05, 3.63) is 34.4 Å². The Bertz CT molecular complexity index is 590. The number of halogens is 1. The summed E-state index contributed by atoms with van der Waals surface area (Å²) < 4.78 is 11.0. The van der Waals surface area contributed by atoms with Gasteiger partial charge < -0.3 is 14.8 Å². The van der Waals surface area contributed by atoms with Gasteiger partial charge in [-0.15, -0.1) is 0 Å². The molecule has 1 heterocycles. The summed E-state index contributed by atoms with van der Waals surface area (Å²) in [7, 11) is 3.21. The molecule has 1 aromatic carbocycles. The van der Waals surface area contributed by atoms with E-state index in [9.17, 15) is 0 Å². The van der Waals surface area contributed by atoms with E-state index in [4.69, 9.17) is 9.47 Å². The third kappa shape index (κ3) is 3.14. The maximum atomic E-state index is 5.17. The second-order valence-corrected chi connectivity index (χ2v) is 4.71. The zero-order valence-corrected chi connectivity index (χ0v) is 12.5. The van der Waals surface area contributed by atoms with Crippen molar-refractivity contribution in [3.8, 4) is 11.6 Å². The molecule has 1 N–H and O–H groups in total. The number of ether oxygens (including phenoxy) is 2. The van der Waals surface area contributed by atoms with Crippen molar-refractivity contribution >= 4 is 27.6 Å². The number of anilines is 2. The molecule has 1 aromatic heterocycles. The van der Waals surface area contributed by atoms with Crippen LogP contribution >= 0.6 is 15.9 Å². The highest BCUT2D eigenvalue weighted by Gasteiger charge is 2.07. The predicted octanol–water partition coefficient (Wildman–Crippen LogP) is 3.31. The molecule has 0 atom stereocenters. The van der Waals surface area contributed by atoms with Crippen LogP contribution < -0.4 is 14.8 Å². The van der Waals surface area contributed by atoms with E-state index in [1.807, 2.05) is 25.1 Å². The molecule has 0 radical (unpaired) electrons. The molecule has 0 bridgehead atoms. The average Bonchev–Trinajstić information content (AvgIpc) is 2.43. The van der Waals surface area contributed by atoms with Crippen LogP contribution in [-0.2, 0) is 0 Å². The van der Waals surface area contributed by atoms with Gasteiger partial charge in [0.25, 0.3) is 0 Å². The van der Waals surface area contributed by atoms with Crippen molar-refractivity contribution < 1.29 is 9.47 Å². The van der Waals surface area contributed by atoms with Gasteiger partial charge in [-0.1, -0.05) is 0 Å². The minimum absolute atomic E-state index is 0.480. The Morgan fingerprint density at radius 2 is 2.00 bits per heavy atom. The highest BCUT2D eigenvalue weighted by atomic mass is 79.9. The summed E-state index contributed by atoms with van der Waals surface area (Å²) in [6.45, 7) is 1.99. The van der Waals surface area contributed by atoms with Crippen molar-refractivity contribution in [2.75, 3.05) is 19.5 Å². The molecule has 0 aliphatic rings. The number of rotatable bonds is 4. The fourth-order valence-corrected chi connectivity index (χ4v) is 1.93. The molecular weight excluding hydrogens is 310 g/mol. The lowest BCUT2D eigenvalue weighted by Gasteiger charge is -2.10. The zero-order valence-electron chi connectivity index (χ0n) is 10.9. The minimum Gasteiger partial charge on any atom is -0.497 e. The van der Waals surface area contributed by atoms with Gasteiger partial charge in [0.2, 0.25) is 11.8 Å². The normalized spacial score (nSPS) is 10.1. The summed E-state index contributed by atoms with van der Waals surface area (Å²) in [6.07, 6.45) is 1.65. The van der Waals surface area contributed by atoms with Crippen LogP contribution in [-0.4, -0.2) is 24.2 Å². The molecule has 19 heavy (non-hydrogen) atoms. The first kappa shape index (κ1) is 13.6. The second-order valence-electron chi connectivity index (χ2n) is 3.86. The van der Waals surface area contributed by atoms with Crippen LogP contribution in [0, 0.1) is 6.92 Å². The Kier molecular flexibility index (Phi) is 4.21. The van der Waals surface area contributed by atoms with Crippen molar-refractivity contribution in [1.29, 1.82) is 0 Å². The largest absolute Gasteiger partial charge is 0.497 e. The van der Waals surface area contributed by atoms with Crippen LogP contribution in [0.15, 0.2) is 28.9 Å². The molecule has 0 saturated heterocycles. The fourth-order valence-electron chi connectivity index (χ4n) is 1.58. The first-order chi connectivity index (χ1) is 9.13. The molecule has 6 heteroatoms. The van der Waals surface area contributed by atoms with Crippen LogP contribution in [0.25, 0.3) is 0 Å². The molecule has 0 aliphatic heterocycles. The number of benzene rings is 1. The SMILES string of the molecule is COc1ccc(Nc2ncc(Br)c(OC)n2)c(C)c1. The second kappa shape index (κ2) is 5.88. The van der Waals surface area contributed by atoms with Gasteiger partial charge in [0.15, 0.2) is 0 Å². The van der Waals surface area contributed by atoms with Crippen LogP contribution in [0.5, 0.6) is 11.6 Å². The monoisotopic (exact) mass is 323 g/mol. The summed E-state index contributed by atoms with van der Waals surface area (Å²) in [5.41, 5.74) is 1.97. The zero-order chi connectivity index (χ0) is 13.8. The van der Waals surface area contributed by atoms with Gasteiger partial charge in [-0.3, -0.25) is 0 Å². The van der Waals surface area contributed by atoms with Gasteiger partial charge in [0.1, 0.15) is 5.75 Å². The number of hydrogen-bond acceptors (Lipinski definition) is 5. The van der Waals surface area contributed by atoms with Gasteiger partial charge in [-0.05, 0) is 46.6 Å². The van der Waals surface area contributed by atoms with E-state index < -0.39 is 0 Å². The Balaban J connectivity index is 2.26. The summed E-state index contributed by atoms with van der Waals surface area (Å²) in [4.78, 5) is 8.43. The number of aromatic nitrogens is 2. The number of aryl methyl sites for hydroxylation is 1. The Labute approximate surface area is 120 Å². The van der Waals surface area contributed by atoms with E-state index >= 15 is 0 Å². The van der Waals surface area contributed by atoms with Crippen molar-refractivity contribution in [1.82, 2.24) is 9.97 Å². The van der Waals surface area contributed by atoms with Gasteiger partial charge in [0.05, 0.1) is 24.9 Å². The molecule has 2 aromatic rings. The first-order valence-corrected chi connectivity index (χ1v) is 6.41. The standard InChI is InChI=1S/C13H14BrN3O2/c1-8-6-9(18-2)4-5-11(8)16-13-15-7-10(14)12(17-13)19-3/h4-7H,1-3H3,(H,15,16,17). The molecular formula is C13H14BrN3O2. The minimum atomic E-state index is 0.480. The van der Waals surface area contributed by atoms with Gasteiger partial charge in [-0.25, -0.2) is 4.98 Å². The van der Waals surface area contributed by atoms with Crippen molar-refractivity contribution in [2.45, 2.75) is 6.92 Å². The number of hydrogen-bond donors (Lipinski definition) is 1. The Morgan fingerprint density at radius 3 is 2.63 bits per heavy atom. The lowest BCUT2D eigenvalue weighted by molar-refractivity contribution is 0.394. The Hall–Kier alpha value is -1.82. The van der Waals surface area contributed by atoms with E-state index in [0.29, 0.717) is 16.3 Å². The van der Waals surface area contributed by atoms with Crippen LogP contribution in [0.2, 0.25) is 0 Å². The van der Waals surface area contributed by atoms with Crippen LogP contribution in [0.3, 0.4) is 0 Å². The van der Waals surface area contributed by atoms with Gasteiger partial charge in [0, 0.05) is 5.69 Å².